The van der Waals surface area contributed by atoms with Crippen LogP contribution in [-0.4, -0.2) is 21.7 Å². The van der Waals surface area contributed by atoms with Crippen molar-refractivity contribution in [1.29, 1.82) is 0 Å². The summed E-state index contributed by atoms with van der Waals surface area (Å²) in [5, 5.41) is 3.23. The summed E-state index contributed by atoms with van der Waals surface area (Å²) in [5.41, 5.74) is 6.93. The molecule has 0 fully saturated rings. The average molecular weight is 255 g/mol. The molecule has 0 aromatic carbocycles. The van der Waals surface area contributed by atoms with Crippen molar-refractivity contribution in [3.63, 3.8) is 0 Å². The molecule has 0 bridgehead atoms. The molecule has 88 valence electrons. The molecule has 2 rings (SSSR count). The first-order chi connectivity index (χ1) is 7.72. The second kappa shape index (κ2) is 5.21. The normalized spacial score (nSPS) is 11.8. The maximum atomic E-state index is 5.66. The molecule has 2 N–H and O–H groups in total. The molecule has 0 unspecified atom stereocenters. The molecule has 0 radical (unpaired) electrons. The first-order valence-electron chi connectivity index (χ1n) is 5.49. The van der Waals surface area contributed by atoms with Gasteiger partial charge in [0.25, 0.3) is 0 Å². The molecular formula is C11H17N3S2. The van der Waals surface area contributed by atoms with Crippen LogP contribution in [0.4, 0.5) is 0 Å². The molecule has 0 spiro atoms. The summed E-state index contributed by atoms with van der Waals surface area (Å²) in [6.07, 6.45) is 2.98. The summed E-state index contributed by atoms with van der Waals surface area (Å²) < 4.78 is 2.17. The lowest BCUT2D eigenvalue weighted by Crippen LogP contribution is -2.05. The van der Waals surface area contributed by atoms with Gasteiger partial charge >= 0.3 is 0 Å². The van der Waals surface area contributed by atoms with E-state index in [0.29, 0.717) is 12.5 Å². The van der Waals surface area contributed by atoms with Gasteiger partial charge in [-0.05, 0) is 12.5 Å². The molecule has 0 aliphatic carbocycles. The fourth-order valence-corrected chi connectivity index (χ4v) is 3.34. The van der Waals surface area contributed by atoms with Crippen LogP contribution in [0.3, 0.4) is 0 Å². The third kappa shape index (κ3) is 2.42. The third-order valence-corrected chi connectivity index (χ3v) is 4.45. The number of thioether (sulfide) groups is 1. The summed E-state index contributed by atoms with van der Waals surface area (Å²) >= 11 is 3.52. The lowest BCUT2D eigenvalue weighted by atomic mass is 10.3. The summed E-state index contributed by atoms with van der Waals surface area (Å²) in [7, 11) is 0. The summed E-state index contributed by atoms with van der Waals surface area (Å²) in [5.74, 6) is 1.80. The summed E-state index contributed by atoms with van der Waals surface area (Å²) in [6.45, 7) is 5.14. The van der Waals surface area contributed by atoms with Gasteiger partial charge in [-0.2, -0.15) is 0 Å². The number of nitrogens with zero attached hydrogens (tertiary/aromatic N) is 2. The number of imidazole rings is 1. The molecule has 0 aliphatic rings. The molecule has 3 nitrogen and oxygen atoms in total. The number of hydrogen-bond acceptors (Lipinski definition) is 4. The van der Waals surface area contributed by atoms with E-state index in [0.717, 1.165) is 22.2 Å². The summed E-state index contributed by atoms with van der Waals surface area (Å²) in [6, 6.07) is 0. The Morgan fingerprint density at radius 2 is 2.38 bits per heavy atom. The Balaban J connectivity index is 2.27. The number of aromatic nitrogens is 2. The second-order valence-electron chi connectivity index (χ2n) is 4.16. The van der Waals surface area contributed by atoms with Crippen LogP contribution >= 0.6 is 23.1 Å². The highest BCUT2D eigenvalue weighted by Gasteiger charge is 2.13. The predicted molar refractivity (Wildman–Crippen MR) is 71.4 cm³/mol. The van der Waals surface area contributed by atoms with Crippen molar-refractivity contribution in [1.82, 2.24) is 9.38 Å². The van der Waals surface area contributed by atoms with Crippen LogP contribution in [0.5, 0.6) is 0 Å². The maximum Gasteiger partial charge on any atom is 0.194 e. The van der Waals surface area contributed by atoms with E-state index in [1.54, 1.807) is 11.3 Å². The van der Waals surface area contributed by atoms with Gasteiger partial charge in [0.1, 0.15) is 5.03 Å². The van der Waals surface area contributed by atoms with Gasteiger partial charge in [0.15, 0.2) is 4.96 Å². The zero-order valence-electron chi connectivity index (χ0n) is 9.64. The lowest BCUT2D eigenvalue weighted by Gasteiger charge is -2.04. The Bertz CT molecular complexity index is 459. The summed E-state index contributed by atoms with van der Waals surface area (Å²) in [4.78, 5) is 5.73. The van der Waals surface area contributed by atoms with Crippen LogP contribution in [0.2, 0.25) is 0 Å². The first-order valence-corrected chi connectivity index (χ1v) is 7.36. The van der Waals surface area contributed by atoms with E-state index in [-0.39, 0.29) is 0 Å². The van der Waals surface area contributed by atoms with Crippen molar-refractivity contribution < 1.29 is 0 Å². The predicted octanol–water partition coefficient (Wildman–Crippen LogP) is 2.65. The molecule has 0 saturated carbocycles. The highest BCUT2D eigenvalue weighted by Crippen LogP contribution is 2.27. The van der Waals surface area contributed by atoms with Crippen LogP contribution in [0.15, 0.2) is 16.6 Å². The van der Waals surface area contributed by atoms with Crippen LogP contribution in [0.25, 0.3) is 4.96 Å². The van der Waals surface area contributed by atoms with Crippen molar-refractivity contribution in [2.24, 2.45) is 11.7 Å². The molecular weight excluding hydrogens is 238 g/mol. The first kappa shape index (κ1) is 12.0. The number of fused-ring (bicyclic) bond motifs is 1. The topological polar surface area (TPSA) is 43.3 Å². The van der Waals surface area contributed by atoms with Crippen molar-refractivity contribution in [2.45, 2.75) is 25.3 Å². The molecule has 0 aliphatic heterocycles. The maximum absolute atomic E-state index is 5.66. The molecule has 0 amide bonds. The van der Waals surface area contributed by atoms with Crippen molar-refractivity contribution in [3.05, 3.63) is 17.3 Å². The molecule has 16 heavy (non-hydrogen) atoms. The minimum absolute atomic E-state index is 0.679. The minimum atomic E-state index is 0.679. The molecule has 2 aromatic heterocycles. The largest absolute Gasteiger partial charge is 0.330 e. The molecule has 2 aromatic rings. The highest BCUT2D eigenvalue weighted by atomic mass is 32.2. The Morgan fingerprint density at radius 3 is 3.06 bits per heavy atom. The van der Waals surface area contributed by atoms with Gasteiger partial charge in [-0.15, -0.1) is 23.1 Å². The van der Waals surface area contributed by atoms with E-state index >= 15 is 0 Å². The smallest absolute Gasteiger partial charge is 0.194 e. The minimum Gasteiger partial charge on any atom is -0.330 e. The molecule has 0 atom stereocenters. The van der Waals surface area contributed by atoms with E-state index in [9.17, 15) is 0 Å². The van der Waals surface area contributed by atoms with Gasteiger partial charge in [-0.3, -0.25) is 4.40 Å². The molecule has 2 heterocycles. The van der Waals surface area contributed by atoms with Crippen LogP contribution in [0.1, 0.15) is 19.5 Å². The fraction of sp³-hybridized carbons (Fsp3) is 0.545. The van der Waals surface area contributed by atoms with Gasteiger partial charge < -0.3 is 5.73 Å². The zero-order chi connectivity index (χ0) is 11.5. The van der Waals surface area contributed by atoms with Crippen LogP contribution in [0, 0.1) is 5.92 Å². The second-order valence-corrected chi connectivity index (χ2v) is 6.04. The van der Waals surface area contributed by atoms with E-state index < -0.39 is 0 Å². The van der Waals surface area contributed by atoms with Crippen LogP contribution < -0.4 is 5.73 Å². The van der Waals surface area contributed by atoms with Crippen molar-refractivity contribution in [3.8, 4) is 0 Å². The van der Waals surface area contributed by atoms with Gasteiger partial charge in [-0.25, -0.2) is 4.98 Å². The molecule has 5 heteroatoms. The fourth-order valence-electron chi connectivity index (χ4n) is 1.54. The monoisotopic (exact) mass is 255 g/mol. The highest BCUT2D eigenvalue weighted by molar-refractivity contribution is 7.99. The number of thiazole rings is 1. The van der Waals surface area contributed by atoms with E-state index in [1.165, 1.54) is 5.69 Å². The zero-order valence-corrected chi connectivity index (χ0v) is 11.3. The van der Waals surface area contributed by atoms with E-state index in [1.807, 2.05) is 11.8 Å². The average Bonchev–Trinajstić information content (AvgIpc) is 2.78. The van der Waals surface area contributed by atoms with Crippen molar-refractivity contribution in [2.75, 3.05) is 12.3 Å². The Hall–Kier alpha value is -0.520. The number of hydrogen-bond donors (Lipinski definition) is 1. The Labute approximate surface area is 104 Å². The third-order valence-electron chi connectivity index (χ3n) is 2.26. The van der Waals surface area contributed by atoms with Gasteiger partial charge in [-0.1, -0.05) is 13.8 Å². The number of rotatable bonds is 5. The van der Waals surface area contributed by atoms with Gasteiger partial charge in [0.05, 0.1) is 5.69 Å². The van der Waals surface area contributed by atoms with E-state index in [2.05, 4.69) is 34.8 Å². The van der Waals surface area contributed by atoms with Crippen LogP contribution in [-0.2, 0) is 6.42 Å². The Kier molecular flexibility index (Phi) is 3.89. The van der Waals surface area contributed by atoms with E-state index in [4.69, 9.17) is 5.73 Å². The van der Waals surface area contributed by atoms with Gasteiger partial charge in [0, 0.05) is 23.8 Å². The number of nitrogens with two attached hydrogens (primary N) is 1. The SMILES string of the molecule is CC(C)CSc1nc2sccn2c1CCN. The molecule has 0 saturated heterocycles. The quantitative estimate of drug-likeness (QED) is 0.835. The standard InChI is InChI=1S/C11H17N3S2/c1-8(2)7-16-10-9(3-4-12)14-5-6-15-11(14)13-10/h5-6,8H,3-4,7,12H2,1-2H3. The lowest BCUT2D eigenvalue weighted by molar-refractivity contribution is 0.749. The van der Waals surface area contributed by atoms with Crippen molar-refractivity contribution >= 4 is 28.1 Å². The Morgan fingerprint density at radius 1 is 1.56 bits per heavy atom. The van der Waals surface area contributed by atoms with Gasteiger partial charge in [0.2, 0.25) is 0 Å².